The molecule has 0 radical (unpaired) electrons. The molecule has 2 aliphatic carbocycles. The summed E-state index contributed by atoms with van der Waals surface area (Å²) in [6.07, 6.45) is 10.3. The van der Waals surface area contributed by atoms with Crippen molar-refractivity contribution in [2.45, 2.75) is 44.9 Å². The van der Waals surface area contributed by atoms with Crippen molar-refractivity contribution in [1.82, 2.24) is 0 Å². The average Bonchev–Trinajstić information content (AvgIpc) is 2.84. The van der Waals surface area contributed by atoms with Gasteiger partial charge in [-0.1, -0.05) is 12.5 Å². The maximum Gasteiger partial charge on any atom is 0.158 e. The van der Waals surface area contributed by atoms with Crippen LogP contribution in [0.3, 0.4) is 0 Å². The number of carbonyl (C=O) groups excluding carboxylic acids is 1. The van der Waals surface area contributed by atoms with Crippen LogP contribution in [-0.2, 0) is 4.79 Å². The molecule has 0 spiro atoms. The molecule has 1 heteroatoms. The zero-order valence-corrected chi connectivity index (χ0v) is 7.51. The number of allylic oxidation sites excluding steroid dienone is 2. The molecule has 1 nitrogen and oxygen atoms in total. The van der Waals surface area contributed by atoms with Gasteiger partial charge in [-0.3, -0.25) is 4.79 Å². The van der Waals surface area contributed by atoms with Gasteiger partial charge in [0.25, 0.3) is 0 Å². The predicted molar refractivity (Wildman–Crippen MR) is 48.9 cm³/mol. The molecule has 2 rings (SSSR count). The van der Waals surface area contributed by atoms with Crippen molar-refractivity contribution in [3.8, 4) is 0 Å². The van der Waals surface area contributed by atoms with Crippen LogP contribution in [0.1, 0.15) is 44.9 Å². The number of Topliss-reactive ketones (excluding diaryl/α,β-unsaturated/α-hetero) is 1. The van der Waals surface area contributed by atoms with E-state index >= 15 is 0 Å². The van der Waals surface area contributed by atoms with Crippen LogP contribution in [0.15, 0.2) is 11.6 Å². The summed E-state index contributed by atoms with van der Waals surface area (Å²) >= 11 is 0. The number of hydrogen-bond acceptors (Lipinski definition) is 1. The molecule has 0 amide bonds. The van der Waals surface area contributed by atoms with Gasteiger partial charge in [0.05, 0.1) is 0 Å². The smallest absolute Gasteiger partial charge is 0.158 e. The zero-order valence-electron chi connectivity index (χ0n) is 7.51. The maximum atomic E-state index is 11.5. The van der Waals surface area contributed by atoms with Gasteiger partial charge in [0.1, 0.15) is 0 Å². The Hall–Kier alpha value is -0.590. The highest BCUT2D eigenvalue weighted by atomic mass is 16.1. The van der Waals surface area contributed by atoms with Crippen LogP contribution in [0, 0.1) is 5.92 Å². The normalized spacial score (nSPS) is 29.0. The minimum absolute atomic E-state index is 0.430. The van der Waals surface area contributed by atoms with E-state index in [0.29, 0.717) is 5.78 Å². The van der Waals surface area contributed by atoms with E-state index in [1.807, 2.05) is 0 Å². The highest BCUT2D eigenvalue weighted by Crippen LogP contribution is 2.33. The third-order valence-electron chi connectivity index (χ3n) is 2.77. The molecule has 0 bridgehead atoms. The Morgan fingerprint density at radius 2 is 1.83 bits per heavy atom. The van der Waals surface area contributed by atoms with Crippen LogP contribution < -0.4 is 0 Å². The molecular weight excluding hydrogens is 148 g/mol. The highest BCUT2D eigenvalue weighted by Gasteiger charge is 2.22. The predicted octanol–water partition coefficient (Wildman–Crippen LogP) is 2.86. The van der Waals surface area contributed by atoms with E-state index in [9.17, 15) is 4.79 Å². The van der Waals surface area contributed by atoms with Gasteiger partial charge in [0, 0.05) is 6.42 Å². The largest absolute Gasteiger partial charge is 0.295 e. The fourth-order valence-corrected chi connectivity index (χ4v) is 1.80. The fourth-order valence-electron chi connectivity index (χ4n) is 1.80. The van der Waals surface area contributed by atoms with Gasteiger partial charge in [-0.05, 0) is 43.6 Å². The lowest BCUT2D eigenvalue weighted by Crippen LogP contribution is -1.99. The van der Waals surface area contributed by atoms with Crippen LogP contribution >= 0.6 is 0 Å². The Morgan fingerprint density at radius 3 is 2.58 bits per heavy atom. The molecule has 2 aliphatic rings. The number of rotatable bonds is 1. The van der Waals surface area contributed by atoms with Crippen LogP contribution in [-0.4, -0.2) is 5.78 Å². The molecule has 2 fully saturated rings. The lowest BCUT2D eigenvalue weighted by Gasteiger charge is -1.99. The topological polar surface area (TPSA) is 17.1 Å². The zero-order chi connectivity index (χ0) is 8.39. The summed E-state index contributed by atoms with van der Waals surface area (Å²) in [7, 11) is 0. The molecule has 0 aromatic heterocycles. The van der Waals surface area contributed by atoms with Crippen LogP contribution in [0.5, 0.6) is 0 Å². The third-order valence-corrected chi connectivity index (χ3v) is 2.77. The molecule has 0 aromatic rings. The SMILES string of the molecule is O=C1CCCCC/C1=C/C1CC1. The van der Waals surface area contributed by atoms with E-state index in [1.165, 1.54) is 25.7 Å². The number of ketones is 1. The molecule has 0 unspecified atom stereocenters. The summed E-state index contributed by atoms with van der Waals surface area (Å²) in [6, 6.07) is 0. The number of hydrogen-bond donors (Lipinski definition) is 0. The molecule has 0 aliphatic heterocycles. The van der Waals surface area contributed by atoms with Gasteiger partial charge < -0.3 is 0 Å². The first-order chi connectivity index (χ1) is 5.86. The lowest BCUT2D eigenvalue weighted by atomic mass is 10.1. The van der Waals surface area contributed by atoms with Crippen molar-refractivity contribution in [3.05, 3.63) is 11.6 Å². The Labute approximate surface area is 73.8 Å². The lowest BCUT2D eigenvalue weighted by molar-refractivity contribution is -0.115. The van der Waals surface area contributed by atoms with Crippen molar-refractivity contribution < 1.29 is 4.79 Å². The van der Waals surface area contributed by atoms with E-state index in [2.05, 4.69) is 6.08 Å². The molecular formula is C11H16O. The van der Waals surface area contributed by atoms with Crippen LogP contribution in [0.25, 0.3) is 0 Å². The average molecular weight is 164 g/mol. The summed E-state index contributed by atoms with van der Waals surface area (Å²) in [5.41, 5.74) is 1.15. The van der Waals surface area contributed by atoms with Crippen LogP contribution in [0.4, 0.5) is 0 Å². The molecule has 2 saturated carbocycles. The molecule has 0 N–H and O–H groups in total. The molecule has 0 atom stereocenters. The summed E-state index contributed by atoms with van der Waals surface area (Å²) in [4.78, 5) is 11.5. The second-order valence-corrected chi connectivity index (χ2v) is 4.01. The fraction of sp³-hybridized carbons (Fsp3) is 0.727. The minimum Gasteiger partial charge on any atom is -0.295 e. The Kier molecular flexibility index (Phi) is 2.29. The van der Waals surface area contributed by atoms with Crippen molar-refractivity contribution in [3.63, 3.8) is 0 Å². The summed E-state index contributed by atoms with van der Waals surface area (Å²) in [5.74, 6) is 1.20. The van der Waals surface area contributed by atoms with Gasteiger partial charge in [-0.25, -0.2) is 0 Å². The second-order valence-electron chi connectivity index (χ2n) is 4.01. The summed E-state index contributed by atoms with van der Waals surface area (Å²) in [6.45, 7) is 0. The van der Waals surface area contributed by atoms with Gasteiger partial charge in [-0.15, -0.1) is 0 Å². The first-order valence-corrected chi connectivity index (χ1v) is 5.10. The number of carbonyl (C=O) groups is 1. The van der Waals surface area contributed by atoms with E-state index in [1.54, 1.807) is 0 Å². The third kappa shape index (κ3) is 1.96. The maximum absolute atomic E-state index is 11.5. The van der Waals surface area contributed by atoms with Gasteiger partial charge in [-0.2, -0.15) is 0 Å². The van der Waals surface area contributed by atoms with Crippen molar-refractivity contribution in [1.29, 1.82) is 0 Å². The van der Waals surface area contributed by atoms with E-state index in [0.717, 1.165) is 30.8 Å². The molecule has 0 saturated heterocycles. The molecule has 0 aromatic carbocycles. The Morgan fingerprint density at radius 1 is 1.08 bits per heavy atom. The summed E-state index contributed by atoms with van der Waals surface area (Å²) in [5, 5.41) is 0. The molecule has 0 heterocycles. The second kappa shape index (κ2) is 3.42. The highest BCUT2D eigenvalue weighted by molar-refractivity contribution is 5.95. The van der Waals surface area contributed by atoms with Crippen molar-refractivity contribution in [2.75, 3.05) is 0 Å². The van der Waals surface area contributed by atoms with Gasteiger partial charge >= 0.3 is 0 Å². The van der Waals surface area contributed by atoms with Crippen LogP contribution in [0.2, 0.25) is 0 Å². The minimum atomic E-state index is 0.430. The Balaban J connectivity index is 2.03. The quantitative estimate of drug-likeness (QED) is 0.430. The summed E-state index contributed by atoms with van der Waals surface area (Å²) < 4.78 is 0. The first kappa shape index (κ1) is 8.03. The van der Waals surface area contributed by atoms with Crippen molar-refractivity contribution >= 4 is 5.78 Å². The molecule has 12 heavy (non-hydrogen) atoms. The monoisotopic (exact) mass is 164 g/mol. The standard InChI is InChI=1S/C11H16O/c12-11-5-3-1-2-4-10(11)8-9-6-7-9/h8-9H,1-7H2/b10-8-. The van der Waals surface area contributed by atoms with E-state index in [4.69, 9.17) is 0 Å². The van der Waals surface area contributed by atoms with Gasteiger partial charge in [0.2, 0.25) is 0 Å². The molecule has 66 valence electrons. The Bertz CT molecular complexity index is 211. The van der Waals surface area contributed by atoms with E-state index < -0.39 is 0 Å². The van der Waals surface area contributed by atoms with Crippen molar-refractivity contribution in [2.24, 2.45) is 5.92 Å². The first-order valence-electron chi connectivity index (χ1n) is 5.10. The van der Waals surface area contributed by atoms with E-state index in [-0.39, 0.29) is 0 Å². The van der Waals surface area contributed by atoms with Gasteiger partial charge in [0.15, 0.2) is 5.78 Å².